The van der Waals surface area contributed by atoms with E-state index in [1.54, 1.807) is 30.5 Å². The van der Waals surface area contributed by atoms with Crippen molar-refractivity contribution in [3.05, 3.63) is 71.6 Å². The van der Waals surface area contributed by atoms with Crippen molar-refractivity contribution in [2.75, 3.05) is 29.3 Å². The fourth-order valence-electron chi connectivity index (χ4n) is 4.62. The molecule has 3 heterocycles. The minimum atomic E-state index is -3.80. The number of benzene rings is 2. The van der Waals surface area contributed by atoms with Crippen molar-refractivity contribution in [1.82, 2.24) is 14.5 Å². The Bertz CT molecular complexity index is 1580. The fourth-order valence-corrected chi connectivity index (χ4v) is 6.41. The third kappa shape index (κ3) is 4.81. The number of fused-ring (bicyclic) bond motifs is 1. The highest BCUT2D eigenvalue weighted by Gasteiger charge is 2.32. The topological polar surface area (TPSA) is 105 Å². The Hall–Kier alpha value is -3.77. The van der Waals surface area contributed by atoms with Gasteiger partial charge in [0.1, 0.15) is 18.4 Å². The number of halogens is 1. The van der Waals surface area contributed by atoms with E-state index in [9.17, 15) is 22.4 Å². The quantitative estimate of drug-likeness (QED) is 0.400. The molecule has 192 valence electrons. The summed E-state index contributed by atoms with van der Waals surface area (Å²) >= 11 is 1.17. The van der Waals surface area contributed by atoms with Crippen LogP contribution in [0.2, 0.25) is 0 Å². The zero-order valence-corrected chi connectivity index (χ0v) is 21.7. The second-order valence-corrected chi connectivity index (χ2v) is 11.4. The van der Waals surface area contributed by atoms with Crippen LogP contribution < -0.4 is 9.62 Å². The van der Waals surface area contributed by atoms with Gasteiger partial charge in [0.15, 0.2) is 5.13 Å². The molecule has 1 saturated heterocycles. The summed E-state index contributed by atoms with van der Waals surface area (Å²) in [5, 5.41) is 2.65. The lowest BCUT2D eigenvalue weighted by atomic mass is 10.2. The maximum atomic E-state index is 13.6. The largest absolute Gasteiger partial charge is 0.333 e. The zero-order valence-electron chi connectivity index (χ0n) is 20.1. The monoisotopic (exact) mass is 541 g/mol. The van der Waals surface area contributed by atoms with Crippen LogP contribution in [0.1, 0.15) is 18.7 Å². The Morgan fingerprint density at radius 2 is 1.89 bits per heavy atom. The van der Waals surface area contributed by atoms with E-state index in [0.29, 0.717) is 17.6 Å². The van der Waals surface area contributed by atoms with Gasteiger partial charge in [0, 0.05) is 47.0 Å². The molecule has 1 atom stereocenters. The van der Waals surface area contributed by atoms with E-state index in [0.717, 1.165) is 11.2 Å². The SMILES string of the molecule is Cc1cc2cc(F)ccc2n1C(C)C(=O)N1CCN(c2ccc(S(=O)(=O)Nc3nccs3)cc2)C(=O)C1. The number of aryl methyl sites for hydroxylation is 1. The first-order chi connectivity index (χ1) is 17.6. The molecule has 9 nitrogen and oxygen atoms in total. The molecule has 2 aromatic heterocycles. The van der Waals surface area contributed by atoms with Crippen LogP contribution >= 0.6 is 11.3 Å². The van der Waals surface area contributed by atoms with Crippen molar-refractivity contribution in [1.29, 1.82) is 0 Å². The summed E-state index contributed by atoms with van der Waals surface area (Å²) < 4.78 is 43.0. The summed E-state index contributed by atoms with van der Waals surface area (Å²) in [6, 6.07) is 11.7. The molecular weight excluding hydrogens is 517 g/mol. The fraction of sp³-hybridized carbons (Fsp3) is 0.240. The number of nitrogens with one attached hydrogen (secondary N) is 1. The number of thiazole rings is 1. The van der Waals surface area contributed by atoms with Gasteiger partial charge < -0.3 is 14.4 Å². The summed E-state index contributed by atoms with van der Waals surface area (Å²) in [5.41, 5.74) is 2.13. The third-order valence-corrected chi connectivity index (χ3v) is 8.56. The van der Waals surface area contributed by atoms with Gasteiger partial charge in [0.2, 0.25) is 11.8 Å². The van der Waals surface area contributed by atoms with Gasteiger partial charge in [-0.1, -0.05) is 0 Å². The molecule has 1 N–H and O–H groups in total. The first kappa shape index (κ1) is 24.9. The molecule has 1 fully saturated rings. The maximum Gasteiger partial charge on any atom is 0.263 e. The Morgan fingerprint density at radius 3 is 2.57 bits per heavy atom. The second kappa shape index (κ2) is 9.60. The molecule has 1 aliphatic heterocycles. The number of anilines is 2. The van der Waals surface area contributed by atoms with E-state index in [1.165, 1.54) is 51.6 Å². The number of hydrogen-bond acceptors (Lipinski definition) is 6. The number of carbonyl (C=O) groups excluding carboxylic acids is 2. The molecule has 2 amide bonds. The van der Waals surface area contributed by atoms with Crippen LogP contribution in [0.4, 0.5) is 15.2 Å². The van der Waals surface area contributed by atoms with Crippen LogP contribution in [-0.4, -0.2) is 54.3 Å². The van der Waals surface area contributed by atoms with Crippen LogP contribution in [0, 0.1) is 12.7 Å². The van der Waals surface area contributed by atoms with E-state index >= 15 is 0 Å². The van der Waals surface area contributed by atoms with Gasteiger partial charge in [-0.15, -0.1) is 11.3 Å². The number of hydrogen-bond donors (Lipinski definition) is 1. The minimum absolute atomic E-state index is 0.0516. The molecular formula is C25H24FN5O4S2. The second-order valence-electron chi connectivity index (χ2n) is 8.78. The number of carbonyl (C=O) groups is 2. The number of sulfonamides is 1. The number of rotatable bonds is 6. The van der Waals surface area contributed by atoms with Crippen molar-refractivity contribution >= 4 is 54.9 Å². The smallest absolute Gasteiger partial charge is 0.263 e. The van der Waals surface area contributed by atoms with Crippen molar-refractivity contribution in [3.63, 3.8) is 0 Å². The normalized spacial score (nSPS) is 15.3. The molecule has 0 bridgehead atoms. The molecule has 0 saturated carbocycles. The number of piperazine rings is 1. The Kier molecular flexibility index (Phi) is 6.46. The van der Waals surface area contributed by atoms with Crippen LogP contribution in [0.5, 0.6) is 0 Å². The van der Waals surface area contributed by atoms with Gasteiger partial charge in [-0.25, -0.2) is 17.8 Å². The highest BCUT2D eigenvalue weighted by Crippen LogP contribution is 2.27. The van der Waals surface area contributed by atoms with Gasteiger partial charge in [-0.2, -0.15) is 0 Å². The molecule has 12 heteroatoms. The Balaban J connectivity index is 1.27. The molecule has 5 rings (SSSR count). The van der Waals surface area contributed by atoms with E-state index in [-0.39, 0.29) is 40.7 Å². The molecule has 1 unspecified atom stereocenters. The Labute approximate surface area is 217 Å². The van der Waals surface area contributed by atoms with Gasteiger partial charge in [-0.05, 0) is 62.4 Å². The summed E-state index contributed by atoms with van der Waals surface area (Å²) in [6.45, 7) is 4.14. The maximum absolute atomic E-state index is 13.6. The molecule has 0 radical (unpaired) electrons. The van der Waals surface area contributed by atoms with E-state index in [4.69, 9.17) is 0 Å². The average molecular weight is 542 g/mol. The van der Waals surface area contributed by atoms with Crippen LogP contribution in [0.15, 0.2) is 65.0 Å². The van der Waals surface area contributed by atoms with Crippen LogP contribution in [0.3, 0.4) is 0 Å². The van der Waals surface area contributed by atoms with Crippen LogP contribution in [0.25, 0.3) is 10.9 Å². The van der Waals surface area contributed by atoms with Gasteiger partial charge in [0.25, 0.3) is 10.0 Å². The first-order valence-electron chi connectivity index (χ1n) is 11.5. The highest BCUT2D eigenvalue weighted by molar-refractivity contribution is 7.93. The molecule has 4 aromatic rings. The number of amides is 2. The lowest BCUT2D eigenvalue weighted by Crippen LogP contribution is -2.53. The minimum Gasteiger partial charge on any atom is -0.333 e. The standard InChI is InChI=1S/C25H24FN5O4S2/c1-16-13-18-14-19(26)3-8-22(18)31(16)17(2)24(33)29-10-11-30(23(32)15-29)20-4-6-21(7-5-20)37(34,35)28-25-27-9-12-36-25/h3-9,12-14,17H,10-11,15H2,1-2H3,(H,27,28). The van der Waals surface area contributed by atoms with Gasteiger partial charge in [-0.3, -0.25) is 14.3 Å². The predicted octanol–water partition coefficient (Wildman–Crippen LogP) is 3.78. The number of nitrogens with zero attached hydrogens (tertiary/aromatic N) is 4. The Morgan fingerprint density at radius 1 is 1.14 bits per heavy atom. The summed E-state index contributed by atoms with van der Waals surface area (Å²) in [4.78, 5) is 33.3. The van der Waals surface area contributed by atoms with Gasteiger partial charge >= 0.3 is 0 Å². The van der Waals surface area contributed by atoms with Crippen molar-refractivity contribution in [3.8, 4) is 0 Å². The molecule has 2 aromatic carbocycles. The zero-order chi connectivity index (χ0) is 26.3. The predicted molar refractivity (Wildman–Crippen MR) is 140 cm³/mol. The highest BCUT2D eigenvalue weighted by atomic mass is 32.2. The first-order valence-corrected chi connectivity index (χ1v) is 13.9. The molecule has 0 aliphatic carbocycles. The van der Waals surface area contributed by atoms with E-state index in [1.807, 2.05) is 17.6 Å². The van der Waals surface area contributed by atoms with Crippen LogP contribution in [-0.2, 0) is 19.6 Å². The molecule has 37 heavy (non-hydrogen) atoms. The average Bonchev–Trinajstić information content (AvgIpc) is 3.49. The summed E-state index contributed by atoms with van der Waals surface area (Å²) in [6.07, 6.45) is 1.51. The molecule has 1 aliphatic rings. The summed E-state index contributed by atoms with van der Waals surface area (Å²) in [5.74, 6) is -0.807. The number of aromatic nitrogens is 2. The molecule has 0 spiro atoms. The lowest BCUT2D eigenvalue weighted by molar-refractivity contribution is -0.139. The third-order valence-electron chi connectivity index (χ3n) is 6.38. The van der Waals surface area contributed by atoms with Gasteiger partial charge in [0.05, 0.1) is 4.90 Å². The van der Waals surface area contributed by atoms with E-state index in [2.05, 4.69) is 9.71 Å². The van der Waals surface area contributed by atoms with Crippen molar-refractivity contribution in [2.45, 2.75) is 24.8 Å². The van der Waals surface area contributed by atoms with Crippen molar-refractivity contribution < 1.29 is 22.4 Å². The van der Waals surface area contributed by atoms with E-state index < -0.39 is 16.1 Å². The summed E-state index contributed by atoms with van der Waals surface area (Å²) in [7, 11) is -3.80. The van der Waals surface area contributed by atoms with Crippen molar-refractivity contribution in [2.24, 2.45) is 0 Å². The lowest BCUT2D eigenvalue weighted by Gasteiger charge is -2.36.